The second kappa shape index (κ2) is 7.90. The van der Waals surface area contributed by atoms with E-state index in [9.17, 15) is 4.79 Å². The van der Waals surface area contributed by atoms with E-state index in [-0.39, 0.29) is 5.91 Å². The molecule has 2 aromatic rings. The third kappa shape index (κ3) is 4.42. The zero-order chi connectivity index (χ0) is 16.9. The van der Waals surface area contributed by atoms with Crippen LogP contribution in [0.1, 0.15) is 36.1 Å². The molecule has 24 heavy (non-hydrogen) atoms. The van der Waals surface area contributed by atoms with Crippen LogP contribution in [0.4, 0.5) is 5.13 Å². The van der Waals surface area contributed by atoms with Crippen LogP contribution in [0.2, 0.25) is 0 Å². The highest BCUT2D eigenvalue weighted by molar-refractivity contribution is 7.16. The van der Waals surface area contributed by atoms with Crippen molar-refractivity contribution in [3.63, 3.8) is 0 Å². The Balaban J connectivity index is 1.58. The number of piperidine rings is 1. The van der Waals surface area contributed by atoms with Gasteiger partial charge in [0.1, 0.15) is 0 Å². The first-order valence-corrected chi connectivity index (χ1v) is 9.48. The SMILES string of the molecule is Cc1ccc(-c2nc(NC(=O)CCC3CCNCC3)sc2C)cc1. The number of anilines is 1. The molecule has 0 saturated carbocycles. The van der Waals surface area contributed by atoms with Gasteiger partial charge in [-0.05, 0) is 52.1 Å². The van der Waals surface area contributed by atoms with Crippen LogP contribution in [0.3, 0.4) is 0 Å². The predicted molar refractivity (Wildman–Crippen MR) is 100 cm³/mol. The van der Waals surface area contributed by atoms with Crippen LogP contribution in [0.15, 0.2) is 24.3 Å². The summed E-state index contributed by atoms with van der Waals surface area (Å²) < 4.78 is 0. The Morgan fingerprint density at radius 2 is 1.96 bits per heavy atom. The summed E-state index contributed by atoms with van der Waals surface area (Å²) in [6.45, 7) is 6.29. The Hall–Kier alpha value is -1.72. The summed E-state index contributed by atoms with van der Waals surface area (Å²) in [5, 5.41) is 7.04. The molecule has 2 N–H and O–H groups in total. The summed E-state index contributed by atoms with van der Waals surface area (Å²) in [6.07, 6.45) is 3.92. The molecule has 1 aliphatic rings. The number of nitrogens with one attached hydrogen (secondary N) is 2. The summed E-state index contributed by atoms with van der Waals surface area (Å²) in [4.78, 5) is 17.9. The number of rotatable bonds is 5. The summed E-state index contributed by atoms with van der Waals surface area (Å²) >= 11 is 1.55. The van der Waals surface area contributed by atoms with Crippen molar-refractivity contribution in [2.75, 3.05) is 18.4 Å². The topological polar surface area (TPSA) is 54.0 Å². The standard InChI is InChI=1S/C19H25N3OS/c1-13-3-6-16(7-4-13)18-14(2)24-19(22-18)21-17(23)8-5-15-9-11-20-12-10-15/h3-4,6-7,15,20H,5,8-12H2,1-2H3,(H,21,22,23). The quantitative estimate of drug-likeness (QED) is 0.858. The van der Waals surface area contributed by atoms with Gasteiger partial charge < -0.3 is 10.6 Å². The van der Waals surface area contributed by atoms with E-state index in [1.807, 2.05) is 0 Å². The fourth-order valence-corrected chi connectivity index (χ4v) is 3.97. The maximum Gasteiger partial charge on any atom is 0.226 e. The molecular weight excluding hydrogens is 318 g/mol. The third-order valence-corrected chi connectivity index (χ3v) is 5.49. The molecule has 5 heteroatoms. The first-order chi connectivity index (χ1) is 11.6. The summed E-state index contributed by atoms with van der Waals surface area (Å²) in [5.41, 5.74) is 3.30. The van der Waals surface area contributed by atoms with Crippen molar-refractivity contribution >= 4 is 22.4 Å². The maximum absolute atomic E-state index is 12.2. The van der Waals surface area contributed by atoms with Gasteiger partial charge in [0.05, 0.1) is 5.69 Å². The van der Waals surface area contributed by atoms with Gasteiger partial charge in [0.15, 0.2) is 5.13 Å². The van der Waals surface area contributed by atoms with E-state index in [1.54, 1.807) is 11.3 Å². The molecule has 1 amide bonds. The van der Waals surface area contributed by atoms with Gasteiger partial charge in [-0.15, -0.1) is 11.3 Å². The molecule has 1 aromatic heterocycles. The van der Waals surface area contributed by atoms with Crippen LogP contribution in [0.25, 0.3) is 11.3 Å². The van der Waals surface area contributed by atoms with E-state index < -0.39 is 0 Å². The zero-order valence-corrected chi connectivity index (χ0v) is 15.2. The number of aromatic nitrogens is 1. The molecule has 0 spiro atoms. The van der Waals surface area contributed by atoms with Crippen molar-refractivity contribution < 1.29 is 4.79 Å². The van der Waals surface area contributed by atoms with Gasteiger partial charge in [0.2, 0.25) is 5.91 Å². The van der Waals surface area contributed by atoms with Gasteiger partial charge in [0, 0.05) is 16.9 Å². The van der Waals surface area contributed by atoms with E-state index in [4.69, 9.17) is 0 Å². The van der Waals surface area contributed by atoms with Crippen LogP contribution < -0.4 is 10.6 Å². The Labute approximate surface area is 147 Å². The molecule has 1 fully saturated rings. The zero-order valence-electron chi connectivity index (χ0n) is 14.4. The lowest BCUT2D eigenvalue weighted by molar-refractivity contribution is -0.116. The Morgan fingerprint density at radius 1 is 1.25 bits per heavy atom. The van der Waals surface area contributed by atoms with E-state index in [2.05, 4.69) is 53.7 Å². The Morgan fingerprint density at radius 3 is 2.67 bits per heavy atom. The van der Waals surface area contributed by atoms with Crippen molar-refractivity contribution in [3.8, 4) is 11.3 Å². The van der Waals surface area contributed by atoms with Gasteiger partial charge in [-0.1, -0.05) is 29.8 Å². The molecule has 0 atom stereocenters. The molecule has 0 radical (unpaired) electrons. The molecule has 1 aliphatic heterocycles. The highest BCUT2D eigenvalue weighted by atomic mass is 32.1. The summed E-state index contributed by atoms with van der Waals surface area (Å²) in [5.74, 6) is 0.760. The minimum atomic E-state index is 0.0812. The number of aryl methyl sites for hydroxylation is 2. The molecule has 0 bridgehead atoms. The summed E-state index contributed by atoms with van der Waals surface area (Å²) in [7, 11) is 0. The van der Waals surface area contributed by atoms with Gasteiger partial charge in [-0.3, -0.25) is 4.79 Å². The number of hydrogen-bond acceptors (Lipinski definition) is 4. The predicted octanol–water partition coefficient (Wildman–Crippen LogP) is 4.15. The molecular formula is C19H25N3OS. The Bertz CT molecular complexity index is 687. The van der Waals surface area contributed by atoms with Crippen molar-refractivity contribution in [3.05, 3.63) is 34.7 Å². The van der Waals surface area contributed by atoms with Crippen LogP contribution >= 0.6 is 11.3 Å². The van der Waals surface area contributed by atoms with E-state index in [0.29, 0.717) is 17.5 Å². The van der Waals surface area contributed by atoms with Crippen LogP contribution in [0, 0.1) is 19.8 Å². The number of carbonyl (C=O) groups is 1. The van der Waals surface area contributed by atoms with Crippen LogP contribution in [-0.2, 0) is 4.79 Å². The smallest absolute Gasteiger partial charge is 0.226 e. The van der Waals surface area contributed by atoms with Crippen molar-refractivity contribution in [2.24, 2.45) is 5.92 Å². The van der Waals surface area contributed by atoms with Gasteiger partial charge >= 0.3 is 0 Å². The molecule has 4 nitrogen and oxygen atoms in total. The van der Waals surface area contributed by atoms with Crippen molar-refractivity contribution in [2.45, 2.75) is 39.5 Å². The molecule has 128 valence electrons. The first kappa shape index (κ1) is 17.1. The lowest BCUT2D eigenvalue weighted by atomic mass is 9.93. The minimum Gasteiger partial charge on any atom is -0.317 e. The third-order valence-electron chi connectivity index (χ3n) is 4.61. The average Bonchev–Trinajstić information content (AvgIpc) is 2.95. The highest BCUT2D eigenvalue weighted by Crippen LogP contribution is 2.30. The van der Waals surface area contributed by atoms with E-state index in [1.165, 1.54) is 18.4 Å². The first-order valence-electron chi connectivity index (χ1n) is 8.67. The number of amides is 1. The number of benzene rings is 1. The molecule has 2 heterocycles. The number of hydrogen-bond donors (Lipinski definition) is 2. The van der Waals surface area contributed by atoms with Gasteiger partial charge in [-0.25, -0.2) is 4.98 Å². The fourth-order valence-electron chi connectivity index (χ4n) is 3.12. The second-order valence-electron chi connectivity index (χ2n) is 6.57. The van der Waals surface area contributed by atoms with Crippen molar-refractivity contribution in [1.82, 2.24) is 10.3 Å². The Kier molecular flexibility index (Phi) is 5.63. The highest BCUT2D eigenvalue weighted by Gasteiger charge is 2.16. The molecule has 3 rings (SSSR count). The number of nitrogens with zero attached hydrogens (tertiary/aromatic N) is 1. The van der Waals surface area contributed by atoms with Crippen LogP contribution in [-0.4, -0.2) is 24.0 Å². The van der Waals surface area contributed by atoms with Gasteiger partial charge in [-0.2, -0.15) is 0 Å². The maximum atomic E-state index is 12.2. The van der Waals surface area contributed by atoms with E-state index in [0.717, 1.165) is 35.6 Å². The number of thiazole rings is 1. The van der Waals surface area contributed by atoms with Gasteiger partial charge in [0.25, 0.3) is 0 Å². The largest absolute Gasteiger partial charge is 0.317 e. The minimum absolute atomic E-state index is 0.0812. The molecule has 0 aliphatic carbocycles. The normalized spacial score (nSPS) is 15.4. The summed E-state index contributed by atoms with van der Waals surface area (Å²) in [6, 6.07) is 8.34. The fraction of sp³-hybridized carbons (Fsp3) is 0.474. The number of carbonyl (C=O) groups excluding carboxylic acids is 1. The van der Waals surface area contributed by atoms with Crippen LogP contribution in [0.5, 0.6) is 0 Å². The van der Waals surface area contributed by atoms with E-state index >= 15 is 0 Å². The lowest BCUT2D eigenvalue weighted by Crippen LogP contribution is -2.28. The second-order valence-corrected chi connectivity index (χ2v) is 7.77. The molecule has 1 aromatic carbocycles. The average molecular weight is 343 g/mol. The molecule has 1 saturated heterocycles. The lowest BCUT2D eigenvalue weighted by Gasteiger charge is -2.21. The van der Waals surface area contributed by atoms with Crippen molar-refractivity contribution in [1.29, 1.82) is 0 Å². The molecule has 0 unspecified atom stereocenters. The monoisotopic (exact) mass is 343 g/mol.